The van der Waals surface area contributed by atoms with Crippen molar-refractivity contribution < 1.29 is 14.6 Å². The number of aliphatic carboxylic acids is 1. The number of hydrogen-bond donors (Lipinski definition) is 1. The lowest BCUT2D eigenvalue weighted by Crippen LogP contribution is -2.34. The van der Waals surface area contributed by atoms with Gasteiger partial charge in [0.05, 0.1) is 13.2 Å². The van der Waals surface area contributed by atoms with E-state index in [1.54, 1.807) is 7.11 Å². The van der Waals surface area contributed by atoms with Crippen LogP contribution < -0.4 is 0 Å². The summed E-state index contributed by atoms with van der Waals surface area (Å²) in [6.07, 6.45) is 0. The van der Waals surface area contributed by atoms with Crippen LogP contribution in [0.4, 0.5) is 0 Å². The average Bonchev–Trinajstić information content (AvgIpc) is 2.13. The highest BCUT2D eigenvalue weighted by Gasteiger charge is 2.08. The minimum Gasteiger partial charge on any atom is -0.480 e. The fourth-order valence-electron chi connectivity index (χ4n) is 1.02. The lowest BCUT2D eigenvalue weighted by molar-refractivity contribution is -0.138. The molecule has 0 rings (SSSR count). The molecule has 0 aliphatic carbocycles. The molecular weight excluding hydrogens is 202 g/mol. The van der Waals surface area contributed by atoms with E-state index in [1.807, 2.05) is 16.7 Å². The number of carboxylic acids is 1. The van der Waals surface area contributed by atoms with E-state index in [0.717, 1.165) is 18.1 Å². The summed E-state index contributed by atoms with van der Waals surface area (Å²) in [4.78, 5) is 12.4. The van der Waals surface area contributed by atoms with Gasteiger partial charge in [0.1, 0.15) is 0 Å². The number of carbonyl (C=O) groups is 1. The molecule has 0 radical (unpaired) electrons. The maximum absolute atomic E-state index is 10.5. The second kappa shape index (κ2) is 9.30. The van der Waals surface area contributed by atoms with Crippen molar-refractivity contribution in [2.24, 2.45) is 0 Å². The molecule has 0 heterocycles. The molecule has 0 fully saturated rings. The standard InChI is InChI=1S/C9H19NO3S/c1-3-14-7-5-10(4-6-13-2)8-9(11)12/h3-8H2,1-2H3,(H,11,12). The molecule has 1 N–H and O–H groups in total. The van der Waals surface area contributed by atoms with Gasteiger partial charge in [-0.05, 0) is 5.75 Å². The van der Waals surface area contributed by atoms with Gasteiger partial charge in [0, 0.05) is 26.0 Å². The van der Waals surface area contributed by atoms with Gasteiger partial charge in [-0.2, -0.15) is 11.8 Å². The lowest BCUT2D eigenvalue weighted by atomic mass is 10.4. The van der Waals surface area contributed by atoms with E-state index in [1.165, 1.54) is 0 Å². The summed E-state index contributed by atoms with van der Waals surface area (Å²) >= 11 is 1.82. The van der Waals surface area contributed by atoms with Crippen LogP contribution in [-0.4, -0.2) is 60.8 Å². The Morgan fingerprint density at radius 3 is 2.71 bits per heavy atom. The zero-order chi connectivity index (χ0) is 10.8. The Balaban J connectivity index is 3.66. The Kier molecular flexibility index (Phi) is 9.13. The first-order valence-electron chi connectivity index (χ1n) is 4.71. The highest BCUT2D eigenvalue weighted by molar-refractivity contribution is 7.99. The molecule has 0 aliphatic rings. The smallest absolute Gasteiger partial charge is 0.317 e. The van der Waals surface area contributed by atoms with Crippen molar-refractivity contribution in [2.45, 2.75) is 6.92 Å². The zero-order valence-corrected chi connectivity index (χ0v) is 9.68. The van der Waals surface area contributed by atoms with Gasteiger partial charge < -0.3 is 9.84 Å². The van der Waals surface area contributed by atoms with E-state index in [2.05, 4.69) is 6.92 Å². The molecule has 0 amide bonds. The molecule has 0 bridgehead atoms. The minimum atomic E-state index is -0.775. The largest absolute Gasteiger partial charge is 0.480 e. The predicted octanol–water partition coefficient (Wildman–Crippen LogP) is 0.772. The highest BCUT2D eigenvalue weighted by Crippen LogP contribution is 1.99. The van der Waals surface area contributed by atoms with Gasteiger partial charge in [-0.15, -0.1) is 0 Å². The Morgan fingerprint density at radius 1 is 1.50 bits per heavy atom. The van der Waals surface area contributed by atoms with Crippen molar-refractivity contribution in [3.63, 3.8) is 0 Å². The summed E-state index contributed by atoms with van der Waals surface area (Å²) in [7, 11) is 1.62. The molecule has 0 aromatic rings. The van der Waals surface area contributed by atoms with Crippen LogP contribution in [0.15, 0.2) is 0 Å². The molecule has 4 nitrogen and oxygen atoms in total. The van der Waals surface area contributed by atoms with Gasteiger partial charge in [0.15, 0.2) is 0 Å². The Morgan fingerprint density at radius 2 is 2.21 bits per heavy atom. The molecule has 84 valence electrons. The summed E-state index contributed by atoms with van der Waals surface area (Å²) in [5.74, 6) is 1.28. The summed E-state index contributed by atoms with van der Waals surface area (Å²) < 4.78 is 4.92. The number of thioether (sulfide) groups is 1. The van der Waals surface area contributed by atoms with Gasteiger partial charge >= 0.3 is 5.97 Å². The molecule has 0 saturated carbocycles. The zero-order valence-electron chi connectivity index (χ0n) is 8.86. The number of hydrogen-bond acceptors (Lipinski definition) is 4. The average molecular weight is 221 g/mol. The van der Waals surface area contributed by atoms with E-state index < -0.39 is 5.97 Å². The molecule has 0 aromatic heterocycles. The van der Waals surface area contributed by atoms with Crippen molar-refractivity contribution in [2.75, 3.05) is 44.9 Å². The number of carboxylic acid groups (broad SMARTS) is 1. The normalized spacial score (nSPS) is 10.8. The van der Waals surface area contributed by atoms with Crippen LogP contribution in [0.5, 0.6) is 0 Å². The van der Waals surface area contributed by atoms with E-state index in [-0.39, 0.29) is 6.54 Å². The molecule has 0 saturated heterocycles. The SMILES string of the molecule is CCSCCN(CCOC)CC(=O)O. The third-order valence-corrected chi connectivity index (χ3v) is 2.61. The maximum Gasteiger partial charge on any atom is 0.317 e. The number of rotatable bonds is 9. The number of ether oxygens (including phenoxy) is 1. The Labute approximate surface area is 89.6 Å². The number of methoxy groups -OCH3 is 1. The fraction of sp³-hybridized carbons (Fsp3) is 0.889. The van der Waals surface area contributed by atoms with Crippen molar-refractivity contribution in [3.05, 3.63) is 0 Å². The van der Waals surface area contributed by atoms with E-state index in [9.17, 15) is 4.79 Å². The van der Waals surface area contributed by atoms with Crippen molar-refractivity contribution in [1.82, 2.24) is 4.90 Å². The van der Waals surface area contributed by atoms with E-state index in [0.29, 0.717) is 13.2 Å². The molecule has 0 aliphatic heterocycles. The monoisotopic (exact) mass is 221 g/mol. The summed E-state index contributed by atoms with van der Waals surface area (Å²) in [5, 5.41) is 8.65. The summed E-state index contributed by atoms with van der Waals surface area (Å²) in [6, 6.07) is 0. The molecule has 0 atom stereocenters. The van der Waals surface area contributed by atoms with E-state index >= 15 is 0 Å². The van der Waals surface area contributed by atoms with Gasteiger partial charge in [-0.1, -0.05) is 6.92 Å². The predicted molar refractivity (Wildman–Crippen MR) is 59.0 cm³/mol. The number of nitrogens with zero attached hydrogens (tertiary/aromatic N) is 1. The van der Waals surface area contributed by atoms with Crippen LogP contribution in [0.1, 0.15) is 6.92 Å². The van der Waals surface area contributed by atoms with Gasteiger partial charge in [0.25, 0.3) is 0 Å². The van der Waals surface area contributed by atoms with E-state index in [4.69, 9.17) is 9.84 Å². The van der Waals surface area contributed by atoms with Gasteiger partial charge in [-0.25, -0.2) is 0 Å². The third-order valence-electron chi connectivity index (χ3n) is 1.73. The molecule has 14 heavy (non-hydrogen) atoms. The van der Waals surface area contributed by atoms with Crippen molar-refractivity contribution >= 4 is 17.7 Å². The molecule has 0 aromatic carbocycles. The van der Waals surface area contributed by atoms with Crippen LogP contribution in [0.25, 0.3) is 0 Å². The van der Waals surface area contributed by atoms with Crippen LogP contribution >= 0.6 is 11.8 Å². The molecule has 0 unspecified atom stereocenters. The van der Waals surface area contributed by atoms with Crippen molar-refractivity contribution in [1.29, 1.82) is 0 Å². The Hall–Kier alpha value is -0.260. The lowest BCUT2D eigenvalue weighted by Gasteiger charge is -2.19. The quantitative estimate of drug-likeness (QED) is 0.583. The molecular formula is C9H19NO3S. The maximum atomic E-state index is 10.5. The van der Waals surface area contributed by atoms with Gasteiger partial charge in [0.2, 0.25) is 0 Å². The first kappa shape index (κ1) is 13.7. The second-order valence-electron chi connectivity index (χ2n) is 2.86. The van der Waals surface area contributed by atoms with Gasteiger partial charge in [-0.3, -0.25) is 9.69 Å². The fourth-order valence-corrected chi connectivity index (χ4v) is 1.70. The first-order chi connectivity index (χ1) is 6.70. The Bertz CT molecular complexity index is 155. The summed E-state index contributed by atoms with van der Waals surface area (Å²) in [6.45, 7) is 4.29. The van der Waals surface area contributed by atoms with Crippen LogP contribution in [0.3, 0.4) is 0 Å². The van der Waals surface area contributed by atoms with Crippen LogP contribution in [-0.2, 0) is 9.53 Å². The summed E-state index contributed by atoms with van der Waals surface area (Å²) in [5.41, 5.74) is 0. The molecule has 0 spiro atoms. The second-order valence-corrected chi connectivity index (χ2v) is 4.25. The minimum absolute atomic E-state index is 0.105. The molecule has 5 heteroatoms. The van der Waals surface area contributed by atoms with Crippen LogP contribution in [0, 0.1) is 0 Å². The third kappa shape index (κ3) is 8.34. The van der Waals surface area contributed by atoms with Crippen molar-refractivity contribution in [3.8, 4) is 0 Å². The first-order valence-corrected chi connectivity index (χ1v) is 5.87. The topological polar surface area (TPSA) is 49.8 Å². The highest BCUT2D eigenvalue weighted by atomic mass is 32.2. The van der Waals surface area contributed by atoms with Crippen LogP contribution in [0.2, 0.25) is 0 Å².